The topological polar surface area (TPSA) is 42.2 Å². The van der Waals surface area contributed by atoms with Crippen molar-refractivity contribution in [3.8, 4) is 0 Å². The Morgan fingerprint density at radius 3 is 2.94 bits per heavy atom. The predicted molar refractivity (Wildman–Crippen MR) is 78.4 cm³/mol. The van der Waals surface area contributed by atoms with Gasteiger partial charge in [-0.25, -0.2) is 4.98 Å². The van der Waals surface area contributed by atoms with Crippen molar-refractivity contribution >= 4 is 28.8 Å². The first kappa shape index (κ1) is 13.3. The van der Waals surface area contributed by atoms with Crippen LogP contribution in [0.4, 0.5) is 5.82 Å². The van der Waals surface area contributed by atoms with E-state index in [1.807, 2.05) is 13.1 Å². The Balaban J connectivity index is 2.06. The maximum absolute atomic E-state index is 6.28. The second kappa shape index (κ2) is 6.18. The lowest BCUT2D eigenvalue weighted by Crippen LogP contribution is -2.22. The molecule has 18 heavy (non-hydrogen) atoms. The van der Waals surface area contributed by atoms with E-state index in [9.17, 15) is 0 Å². The number of likely N-dealkylation sites (N-methyl/N-ethyl adjacent to an activating group) is 1. The molecule has 0 fully saturated rings. The van der Waals surface area contributed by atoms with Gasteiger partial charge in [0.2, 0.25) is 0 Å². The summed E-state index contributed by atoms with van der Waals surface area (Å²) in [6, 6.07) is 6.07. The van der Waals surface area contributed by atoms with Crippen LogP contribution in [-0.2, 0) is 13.0 Å². The van der Waals surface area contributed by atoms with Crippen LogP contribution in [0.5, 0.6) is 0 Å². The Morgan fingerprint density at radius 2 is 2.28 bits per heavy atom. The number of aromatic nitrogens is 1. The highest BCUT2D eigenvalue weighted by molar-refractivity contribution is 7.09. The van der Waals surface area contributed by atoms with Crippen molar-refractivity contribution in [3.63, 3.8) is 0 Å². The summed E-state index contributed by atoms with van der Waals surface area (Å²) in [4.78, 5) is 7.77. The molecule has 5 heteroatoms. The highest BCUT2D eigenvalue weighted by Crippen LogP contribution is 2.26. The van der Waals surface area contributed by atoms with Gasteiger partial charge in [-0.05, 0) is 29.5 Å². The number of nitrogens with two attached hydrogens (primary N) is 1. The second-order valence-electron chi connectivity index (χ2n) is 4.06. The van der Waals surface area contributed by atoms with Gasteiger partial charge in [0.1, 0.15) is 5.82 Å². The molecule has 3 nitrogen and oxygen atoms in total. The number of nitrogens with zero attached hydrogens (tertiary/aromatic N) is 2. The normalized spacial score (nSPS) is 10.6. The fourth-order valence-electron chi connectivity index (χ4n) is 1.73. The van der Waals surface area contributed by atoms with Gasteiger partial charge in [0, 0.05) is 31.2 Å². The largest absolute Gasteiger partial charge is 0.358 e. The maximum Gasteiger partial charge on any atom is 0.147 e. The Bertz CT molecular complexity index is 499. The molecule has 0 radical (unpaired) electrons. The van der Waals surface area contributed by atoms with Crippen LogP contribution in [0.1, 0.15) is 10.4 Å². The lowest BCUT2D eigenvalue weighted by Gasteiger charge is -2.20. The van der Waals surface area contributed by atoms with Crippen molar-refractivity contribution in [3.05, 3.63) is 45.2 Å². The van der Waals surface area contributed by atoms with Crippen LogP contribution < -0.4 is 10.6 Å². The third kappa shape index (κ3) is 3.02. The molecule has 0 saturated carbocycles. The van der Waals surface area contributed by atoms with Crippen molar-refractivity contribution in [2.24, 2.45) is 5.73 Å². The van der Waals surface area contributed by atoms with Crippen LogP contribution in [0.3, 0.4) is 0 Å². The van der Waals surface area contributed by atoms with Gasteiger partial charge in [0.25, 0.3) is 0 Å². The summed E-state index contributed by atoms with van der Waals surface area (Å²) in [6.07, 6.45) is 2.75. The molecular weight excluding hydrogens is 266 g/mol. The molecule has 0 aromatic carbocycles. The number of rotatable bonds is 5. The van der Waals surface area contributed by atoms with E-state index in [0.717, 1.165) is 24.3 Å². The molecule has 0 amide bonds. The fraction of sp³-hybridized carbons (Fsp3) is 0.308. The van der Waals surface area contributed by atoms with Crippen LogP contribution in [-0.4, -0.2) is 18.6 Å². The van der Waals surface area contributed by atoms with Crippen LogP contribution in [0.2, 0.25) is 5.02 Å². The molecule has 2 rings (SSSR count). The highest BCUT2D eigenvalue weighted by Gasteiger charge is 2.10. The van der Waals surface area contributed by atoms with Crippen molar-refractivity contribution in [1.82, 2.24) is 4.98 Å². The molecule has 2 aromatic rings. The first-order chi connectivity index (χ1) is 8.72. The third-order valence-corrected chi connectivity index (χ3v) is 4.15. The number of halogens is 1. The van der Waals surface area contributed by atoms with Gasteiger partial charge in [-0.15, -0.1) is 11.3 Å². The lowest BCUT2D eigenvalue weighted by atomic mass is 10.2. The number of anilines is 1. The molecule has 0 aliphatic rings. The van der Waals surface area contributed by atoms with Gasteiger partial charge >= 0.3 is 0 Å². The highest BCUT2D eigenvalue weighted by atomic mass is 35.5. The molecule has 0 spiro atoms. The third-order valence-electron chi connectivity index (χ3n) is 2.81. The predicted octanol–water partition coefficient (Wildman–Crippen LogP) is 2.93. The summed E-state index contributed by atoms with van der Waals surface area (Å²) in [7, 11) is 2.00. The van der Waals surface area contributed by atoms with Crippen LogP contribution in [0, 0.1) is 0 Å². The van der Waals surface area contributed by atoms with E-state index < -0.39 is 0 Å². The Labute approximate surface area is 116 Å². The van der Waals surface area contributed by atoms with Gasteiger partial charge in [-0.1, -0.05) is 17.7 Å². The van der Waals surface area contributed by atoms with Crippen LogP contribution in [0.25, 0.3) is 0 Å². The molecule has 0 atom stereocenters. The lowest BCUT2D eigenvalue weighted by molar-refractivity contribution is 0.866. The standard InChI is InChI=1S/C13H16ClN3S/c1-17(7-5-11-3-2-8-18-11)13-12(14)10(9-15)4-6-16-13/h2-4,6,8H,5,7,9,15H2,1H3. The smallest absolute Gasteiger partial charge is 0.147 e. The minimum atomic E-state index is 0.438. The van der Waals surface area contributed by atoms with Crippen molar-refractivity contribution in [1.29, 1.82) is 0 Å². The zero-order valence-electron chi connectivity index (χ0n) is 10.3. The van der Waals surface area contributed by atoms with E-state index >= 15 is 0 Å². The Hall–Kier alpha value is -1.10. The van der Waals surface area contributed by atoms with Gasteiger partial charge in [0.15, 0.2) is 0 Å². The molecule has 0 bridgehead atoms. The summed E-state index contributed by atoms with van der Waals surface area (Å²) >= 11 is 8.05. The minimum Gasteiger partial charge on any atom is -0.358 e. The molecule has 2 N–H and O–H groups in total. The maximum atomic E-state index is 6.28. The average molecular weight is 282 g/mol. The van der Waals surface area contributed by atoms with Crippen molar-refractivity contribution in [2.75, 3.05) is 18.5 Å². The SMILES string of the molecule is CN(CCc1cccs1)c1nccc(CN)c1Cl. The summed E-state index contributed by atoms with van der Waals surface area (Å²) in [5.41, 5.74) is 6.58. The minimum absolute atomic E-state index is 0.438. The van der Waals surface area contributed by atoms with E-state index in [0.29, 0.717) is 11.6 Å². The molecule has 0 saturated heterocycles. The summed E-state index contributed by atoms with van der Waals surface area (Å²) < 4.78 is 0. The Morgan fingerprint density at radius 1 is 1.44 bits per heavy atom. The average Bonchev–Trinajstić information content (AvgIpc) is 2.89. The summed E-state index contributed by atoms with van der Waals surface area (Å²) in [6.45, 7) is 1.33. The van der Waals surface area contributed by atoms with E-state index in [2.05, 4.69) is 27.4 Å². The van der Waals surface area contributed by atoms with Crippen molar-refractivity contribution < 1.29 is 0 Å². The summed E-state index contributed by atoms with van der Waals surface area (Å²) in [5.74, 6) is 0.802. The molecule has 2 aromatic heterocycles. The zero-order chi connectivity index (χ0) is 13.0. The van der Waals surface area contributed by atoms with E-state index in [-0.39, 0.29) is 0 Å². The first-order valence-corrected chi connectivity index (χ1v) is 7.05. The quantitative estimate of drug-likeness (QED) is 0.916. The van der Waals surface area contributed by atoms with E-state index in [1.165, 1.54) is 4.88 Å². The van der Waals surface area contributed by atoms with E-state index in [1.54, 1.807) is 17.5 Å². The van der Waals surface area contributed by atoms with Gasteiger partial charge in [-0.3, -0.25) is 0 Å². The van der Waals surface area contributed by atoms with Gasteiger partial charge in [0.05, 0.1) is 5.02 Å². The monoisotopic (exact) mass is 281 g/mol. The summed E-state index contributed by atoms with van der Waals surface area (Å²) in [5, 5.41) is 2.75. The van der Waals surface area contributed by atoms with Crippen LogP contribution in [0.15, 0.2) is 29.8 Å². The molecule has 2 heterocycles. The van der Waals surface area contributed by atoms with Crippen LogP contribution >= 0.6 is 22.9 Å². The van der Waals surface area contributed by atoms with Crippen molar-refractivity contribution in [2.45, 2.75) is 13.0 Å². The second-order valence-corrected chi connectivity index (χ2v) is 5.47. The molecule has 0 aliphatic carbocycles. The Kier molecular flexibility index (Phi) is 4.58. The number of thiophene rings is 1. The van der Waals surface area contributed by atoms with E-state index in [4.69, 9.17) is 17.3 Å². The number of hydrogen-bond donors (Lipinski definition) is 1. The zero-order valence-corrected chi connectivity index (χ0v) is 11.8. The molecular formula is C13H16ClN3S. The number of hydrogen-bond acceptors (Lipinski definition) is 4. The number of pyridine rings is 1. The first-order valence-electron chi connectivity index (χ1n) is 5.79. The fourth-order valence-corrected chi connectivity index (χ4v) is 2.77. The van der Waals surface area contributed by atoms with Gasteiger partial charge < -0.3 is 10.6 Å². The molecule has 0 unspecified atom stereocenters. The molecule has 96 valence electrons. The van der Waals surface area contributed by atoms with Gasteiger partial charge in [-0.2, -0.15) is 0 Å². The molecule has 0 aliphatic heterocycles.